The average molecular weight is 602 g/mol. The molecule has 0 amide bonds. The van der Waals surface area contributed by atoms with Crippen molar-refractivity contribution >= 4 is 57.6 Å². The van der Waals surface area contributed by atoms with Crippen LogP contribution in [0, 0.1) is 9.39 Å². The number of hydrogen-bond acceptors (Lipinski definition) is 5. The van der Waals surface area contributed by atoms with Gasteiger partial charge in [0.1, 0.15) is 9.39 Å². The maximum Gasteiger partial charge on any atom is 0.265 e. The molecule has 0 unspecified atom stereocenters. The molecule has 6 nitrogen and oxygen atoms in total. The van der Waals surface area contributed by atoms with E-state index in [2.05, 4.69) is 20.3 Å². The van der Waals surface area contributed by atoms with Crippen LogP contribution < -0.4 is 5.56 Å². The highest BCUT2D eigenvalue weighted by Crippen LogP contribution is 2.28. The zero-order valence-corrected chi connectivity index (χ0v) is 20.8. The summed E-state index contributed by atoms with van der Waals surface area (Å²) in [6.07, 6.45) is 2.16. The highest BCUT2D eigenvalue weighted by atomic mass is 127. The summed E-state index contributed by atoms with van der Waals surface area (Å²) in [5.74, 6) is 0.193. The van der Waals surface area contributed by atoms with Gasteiger partial charge in [-0.05, 0) is 58.0 Å². The van der Waals surface area contributed by atoms with Gasteiger partial charge in [0, 0.05) is 28.4 Å². The molecule has 0 atom stereocenters. The van der Waals surface area contributed by atoms with Gasteiger partial charge in [0.15, 0.2) is 5.16 Å². The molecule has 2 heterocycles. The van der Waals surface area contributed by atoms with E-state index in [-0.39, 0.29) is 11.4 Å². The summed E-state index contributed by atoms with van der Waals surface area (Å²) in [4.78, 5) is 19.8. The van der Waals surface area contributed by atoms with Gasteiger partial charge in [0.05, 0.1) is 17.9 Å². The molecule has 32 heavy (non-hydrogen) atoms. The third kappa shape index (κ3) is 5.69. The first kappa shape index (κ1) is 23.2. The number of rotatable bonds is 7. The zero-order valence-electron chi connectivity index (χ0n) is 16.4. The molecule has 0 saturated carbocycles. The molecular weight excluding hydrogens is 587 g/mol. The molecule has 2 aromatic carbocycles. The van der Waals surface area contributed by atoms with Gasteiger partial charge in [-0.2, -0.15) is 0 Å². The van der Waals surface area contributed by atoms with Crippen molar-refractivity contribution in [2.24, 2.45) is 0 Å². The Hall–Kier alpha value is -1.95. The van der Waals surface area contributed by atoms with Gasteiger partial charge in [-0.25, -0.2) is 14.1 Å². The minimum Gasteiger partial charge on any atom is -0.301 e. The summed E-state index contributed by atoms with van der Waals surface area (Å²) in [7, 11) is 0. The normalized spacial score (nSPS) is 11.1. The Morgan fingerprint density at radius 1 is 1.12 bits per heavy atom. The summed E-state index contributed by atoms with van der Waals surface area (Å²) < 4.78 is 15.2. The Morgan fingerprint density at radius 3 is 2.56 bits per heavy atom. The average Bonchev–Trinajstić information content (AvgIpc) is 3.21. The van der Waals surface area contributed by atoms with E-state index in [1.807, 2.05) is 28.8 Å². The number of nitrogens with zero attached hydrogens (tertiary/aromatic N) is 4. The maximum atomic E-state index is 13.1. The SMILES string of the molecule is O=c1[nH]c(SCc2cn(Cc3ccc(F)cc3)nn2)nc(Cc2c(Cl)cccc2Cl)c1I. The third-order valence-electron chi connectivity index (χ3n) is 4.52. The van der Waals surface area contributed by atoms with Crippen molar-refractivity contribution in [3.8, 4) is 0 Å². The quantitative estimate of drug-likeness (QED) is 0.176. The molecule has 0 radical (unpaired) electrons. The van der Waals surface area contributed by atoms with Gasteiger partial charge < -0.3 is 4.98 Å². The van der Waals surface area contributed by atoms with Crippen LogP contribution in [0.25, 0.3) is 0 Å². The van der Waals surface area contributed by atoms with Gasteiger partial charge in [-0.3, -0.25) is 4.79 Å². The number of aromatic amines is 1. The van der Waals surface area contributed by atoms with Crippen molar-refractivity contribution < 1.29 is 4.39 Å². The number of thioether (sulfide) groups is 1. The summed E-state index contributed by atoms with van der Waals surface area (Å²) in [5.41, 5.74) is 2.76. The standard InChI is InChI=1S/C21H15Cl2FIN5OS/c22-16-2-1-3-17(23)15(16)8-18-19(25)20(31)27-21(26-18)32-11-14-10-30(29-28-14)9-12-4-6-13(24)7-5-12/h1-7,10H,8-9,11H2,(H,26,27,31). The Kier molecular flexibility index (Phi) is 7.49. The lowest BCUT2D eigenvalue weighted by molar-refractivity contribution is 0.621. The molecule has 0 spiro atoms. The second kappa shape index (κ2) is 10.3. The fourth-order valence-electron chi connectivity index (χ4n) is 2.94. The minimum atomic E-state index is -0.278. The molecule has 4 aromatic rings. The second-order valence-corrected chi connectivity index (χ2v) is 9.69. The first-order valence-electron chi connectivity index (χ1n) is 9.37. The van der Waals surface area contributed by atoms with Crippen LogP contribution in [0.4, 0.5) is 4.39 Å². The van der Waals surface area contributed by atoms with Gasteiger partial charge >= 0.3 is 0 Å². The van der Waals surface area contributed by atoms with Crippen LogP contribution in [0.3, 0.4) is 0 Å². The van der Waals surface area contributed by atoms with Crippen LogP contribution in [-0.2, 0) is 18.7 Å². The van der Waals surface area contributed by atoms with Gasteiger partial charge in [-0.15, -0.1) is 5.10 Å². The molecule has 0 aliphatic heterocycles. The number of aromatic nitrogens is 5. The Labute approximate surface area is 210 Å². The lowest BCUT2D eigenvalue weighted by atomic mass is 10.1. The monoisotopic (exact) mass is 601 g/mol. The second-order valence-electron chi connectivity index (χ2n) is 6.83. The van der Waals surface area contributed by atoms with E-state index < -0.39 is 0 Å². The highest BCUT2D eigenvalue weighted by molar-refractivity contribution is 14.1. The predicted octanol–water partition coefficient (Wildman–Crippen LogP) is 5.34. The summed E-state index contributed by atoms with van der Waals surface area (Å²) in [5, 5.41) is 9.80. The van der Waals surface area contributed by atoms with Crippen molar-refractivity contribution in [3.05, 3.63) is 101 Å². The van der Waals surface area contributed by atoms with Gasteiger partial charge in [-0.1, -0.05) is 58.4 Å². The Morgan fingerprint density at radius 2 is 1.84 bits per heavy atom. The largest absolute Gasteiger partial charge is 0.301 e. The van der Waals surface area contributed by atoms with E-state index in [0.717, 1.165) is 16.8 Å². The number of hydrogen-bond donors (Lipinski definition) is 1. The molecule has 0 aliphatic carbocycles. The number of benzene rings is 2. The molecule has 1 N–H and O–H groups in total. The first-order valence-corrected chi connectivity index (χ1v) is 12.2. The van der Waals surface area contributed by atoms with Crippen LogP contribution in [0.15, 0.2) is 58.6 Å². The molecule has 0 fully saturated rings. The predicted molar refractivity (Wildman–Crippen MR) is 132 cm³/mol. The minimum absolute atomic E-state index is 0.221. The van der Waals surface area contributed by atoms with E-state index in [9.17, 15) is 9.18 Å². The topological polar surface area (TPSA) is 76.5 Å². The molecule has 2 aromatic heterocycles. The molecule has 0 saturated heterocycles. The number of halogens is 4. The van der Waals surface area contributed by atoms with Crippen molar-refractivity contribution in [2.45, 2.75) is 23.9 Å². The van der Waals surface area contributed by atoms with Crippen LogP contribution in [0.5, 0.6) is 0 Å². The maximum absolute atomic E-state index is 13.1. The Balaban J connectivity index is 1.46. The van der Waals surface area contributed by atoms with Crippen LogP contribution in [-0.4, -0.2) is 25.0 Å². The lowest BCUT2D eigenvalue weighted by Gasteiger charge is -2.09. The van der Waals surface area contributed by atoms with Gasteiger partial charge in [0.2, 0.25) is 0 Å². The molecular formula is C21H15Cl2FIN5OS. The summed E-state index contributed by atoms with van der Waals surface area (Å²) in [6.45, 7) is 0.485. The van der Waals surface area contributed by atoms with Crippen molar-refractivity contribution in [1.82, 2.24) is 25.0 Å². The molecule has 4 rings (SSSR count). The van der Waals surface area contributed by atoms with E-state index in [1.54, 1.807) is 35.0 Å². The number of H-pyrrole nitrogens is 1. The van der Waals surface area contributed by atoms with Gasteiger partial charge in [0.25, 0.3) is 5.56 Å². The van der Waals surface area contributed by atoms with Crippen molar-refractivity contribution in [2.75, 3.05) is 0 Å². The molecule has 11 heteroatoms. The van der Waals surface area contributed by atoms with Crippen LogP contribution in [0.1, 0.15) is 22.5 Å². The van der Waals surface area contributed by atoms with Crippen molar-refractivity contribution in [3.63, 3.8) is 0 Å². The van der Waals surface area contributed by atoms with Crippen LogP contribution >= 0.6 is 57.6 Å². The third-order valence-corrected chi connectivity index (χ3v) is 7.24. The van der Waals surface area contributed by atoms with E-state index in [0.29, 0.717) is 43.2 Å². The number of nitrogens with one attached hydrogen (secondary N) is 1. The lowest BCUT2D eigenvalue weighted by Crippen LogP contribution is -2.16. The summed E-state index contributed by atoms with van der Waals surface area (Å²) >= 11 is 15.9. The molecule has 0 bridgehead atoms. The van der Waals surface area contributed by atoms with Crippen molar-refractivity contribution in [1.29, 1.82) is 0 Å². The smallest absolute Gasteiger partial charge is 0.265 e. The fraction of sp³-hybridized carbons (Fsp3) is 0.143. The highest BCUT2D eigenvalue weighted by Gasteiger charge is 2.14. The van der Waals surface area contributed by atoms with E-state index >= 15 is 0 Å². The molecule has 164 valence electrons. The first-order chi connectivity index (χ1) is 15.4. The molecule has 0 aliphatic rings. The Bertz CT molecular complexity index is 1290. The van der Waals surface area contributed by atoms with Crippen LogP contribution in [0.2, 0.25) is 10.0 Å². The summed E-state index contributed by atoms with van der Waals surface area (Å²) in [6, 6.07) is 11.5. The van der Waals surface area contributed by atoms with E-state index in [4.69, 9.17) is 23.2 Å². The fourth-order valence-corrected chi connectivity index (χ4v) is 4.67. The zero-order chi connectivity index (χ0) is 22.7. The van der Waals surface area contributed by atoms with E-state index in [1.165, 1.54) is 23.9 Å².